The number of carbonyl (C=O) groups excluding carboxylic acids is 1. The maximum absolute atomic E-state index is 12.5. The number of amides is 1. The predicted molar refractivity (Wildman–Crippen MR) is 104 cm³/mol. The van der Waals surface area contributed by atoms with Gasteiger partial charge < -0.3 is 10.2 Å². The first kappa shape index (κ1) is 18.1. The fourth-order valence-corrected chi connectivity index (χ4v) is 4.27. The largest absolute Gasteiger partial charge is 0.356 e. The maximum atomic E-state index is 12.5. The van der Waals surface area contributed by atoms with E-state index >= 15 is 0 Å². The number of fused-ring (bicyclic) bond motifs is 1. The Bertz CT molecular complexity index is 775. The third kappa shape index (κ3) is 3.64. The molecule has 3 heterocycles. The van der Waals surface area contributed by atoms with Crippen molar-refractivity contribution in [2.24, 2.45) is 5.92 Å². The summed E-state index contributed by atoms with van der Waals surface area (Å²) >= 11 is 1.73. The van der Waals surface area contributed by atoms with Crippen molar-refractivity contribution >= 4 is 33.3 Å². The Labute approximate surface area is 153 Å². The lowest BCUT2D eigenvalue weighted by atomic mass is 9.93. The first-order chi connectivity index (χ1) is 11.8. The zero-order valence-electron chi connectivity index (χ0n) is 15.8. The zero-order chi connectivity index (χ0) is 18.2. The number of thiophene rings is 1. The molecule has 25 heavy (non-hydrogen) atoms. The molecule has 0 atom stereocenters. The molecule has 1 amide bonds. The van der Waals surface area contributed by atoms with Crippen molar-refractivity contribution in [3.8, 4) is 0 Å². The predicted octanol–water partition coefficient (Wildman–Crippen LogP) is 3.83. The molecule has 0 aliphatic carbocycles. The summed E-state index contributed by atoms with van der Waals surface area (Å²) in [7, 11) is 0. The van der Waals surface area contributed by atoms with Gasteiger partial charge in [0.25, 0.3) is 0 Å². The quantitative estimate of drug-likeness (QED) is 0.900. The Morgan fingerprint density at radius 3 is 2.64 bits per heavy atom. The molecule has 1 aliphatic heterocycles. The lowest BCUT2D eigenvalue weighted by molar-refractivity contribution is -0.127. The van der Waals surface area contributed by atoms with Crippen LogP contribution in [0.25, 0.3) is 10.2 Å². The van der Waals surface area contributed by atoms with E-state index in [-0.39, 0.29) is 17.4 Å². The second-order valence-corrected chi connectivity index (χ2v) is 8.85. The van der Waals surface area contributed by atoms with Crippen LogP contribution in [0.4, 0.5) is 5.82 Å². The van der Waals surface area contributed by atoms with Crippen LogP contribution in [0, 0.1) is 19.8 Å². The fourth-order valence-electron chi connectivity index (χ4n) is 3.28. The fraction of sp³-hybridized carbons (Fsp3) is 0.632. The number of hydrogen-bond donors (Lipinski definition) is 1. The summed E-state index contributed by atoms with van der Waals surface area (Å²) in [5.41, 5.74) is 1.15. The smallest absolute Gasteiger partial charge is 0.223 e. The molecule has 3 rings (SSSR count). The van der Waals surface area contributed by atoms with E-state index in [4.69, 9.17) is 0 Å². The van der Waals surface area contributed by atoms with Crippen LogP contribution in [0.2, 0.25) is 0 Å². The number of carbonyl (C=O) groups is 1. The van der Waals surface area contributed by atoms with E-state index in [1.165, 1.54) is 15.8 Å². The summed E-state index contributed by atoms with van der Waals surface area (Å²) in [6, 6.07) is 0. The molecule has 0 bridgehead atoms. The van der Waals surface area contributed by atoms with Gasteiger partial charge in [0.15, 0.2) is 0 Å². The van der Waals surface area contributed by atoms with Crippen LogP contribution >= 0.6 is 11.3 Å². The molecular weight excluding hydrogens is 332 g/mol. The topological polar surface area (TPSA) is 58.1 Å². The van der Waals surface area contributed by atoms with Crippen molar-refractivity contribution < 1.29 is 4.79 Å². The van der Waals surface area contributed by atoms with Crippen LogP contribution in [-0.2, 0) is 4.79 Å². The third-order valence-corrected chi connectivity index (χ3v) is 6.57. The van der Waals surface area contributed by atoms with Crippen LogP contribution < -0.4 is 10.2 Å². The minimum atomic E-state index is -0.127. The molecule has 2 aromatic rings. The Hall–Kier alpha value is -1.69. The molecule has 1 aliphatic rings. The second kappa shape index (κ2) is 6.90. The molecule has 5 nitrogen and oxygen atoms in total. The van der Waals surface area contributed by atoms with Gasteiger partial charge in [-0.25, -0.2) is 9.97 Å². The number of aryl methyl sites for hydroxylation is 2. The zero-order valence-corrected chi connectivity index (χ0v) is 16.7. The molecule has 0 saturated carbocycles. The normalized spacial score (nSPS) is 16.4. The lowest BCUT2D eigenvalue weighted by Crippen LogP contribution is -2.48. The third-order valence-electron chi connectivity index (χ3n) is 5.46. The van der Waals surface area contributed by atoms with Gasteiger partial charge >= 0.3 is 0 Å². The number of hydrogen-bond acceptors (Lipinski definition) is 5. The van der Waals surface area contributed by atoms with Crippen molar-refractivity contribution in [2.75, 3.05) is 18.0 Å². The Balaban J connectivity index is 1.72. The molecule has 1 saturated heterocycles. The summed E-state index contributed by atoms with van der Waals surface area (Å²) in [6.07, 6.45) is 4.35. The van der Waals surface area contributed by atoms with Crippen LogP contribution in [0.5, 0.6) is 0 Å². The highest BCUT2D eigenvalue weighted by Crippen LogP contribution is 2.35. The van der Waals surface area contributed by atoms with Crippen molar-refractivity contribution in [2.45, 2.75) is 59.4 Å². The number of anilines is 1. The van der Waals surface area contributed by atoms with Gasteiger partial charge in [-0.1, -0.05) is 6.92 Å². The molecule has 6 heteroatoms. The summed E-state index contributed by atoms with van der Waals surface area (Å²) in [5.74, 6) is 1.33. The Morgan fingerprint density at radius 1 is 1.32 bits per heavy atom. The molecule has 136 valence electrons. The van der Waals surface area contributed by atoms with E-state index < -0.39 is 0 Å². The second-order valence-electron chi connectivity index (χ2n) is 7.65. The summed E-state index contributed by atoms with van der Waals surface area (Å²) in [5, 5.41) is 4.37. The maximum Gasteiger partial charge on any atom is 0.223 e. The minimum absolute atomic E-state index is 0.102. The van der Waals surface area contributed by atoms with Crippen molar-refractivity contribution in [3.05, 3.63) is 16.8 Å². The summed E-state index contributed by atoms with van der Waals surface area (Å²) in [4.78, 5) is 26.2. The Kier molecular flexibility index (Phi) is 5.00. The SMILES string of the molecule is CCC(C)(C)NC(=O)C1CCN(c2ncnc3sc(C)c(C)c23)CC1. The van der Waals surface area contributed by atoms with Gasteiger partial charge in [0, 0.05) is 29.4 Å². The summed E-state index contributed by atoms with van der Waals surface area (Å²) < 4.78 is 0. The lowest BCUT2D eigenvalue weighted by Gasteiger charge is -2.34. The Morgan fingerprint density at radius 2 is 2.00 bits per heavy atom. The number of rotatable bonds is 4. The van der Waals surface area contributed by atoms with Gasteiger partial charge in [-0.2, -0.15) is 0 Å². The molecule has 2 aromatic heterocycles. The first-order valence-corrected chi connectivity index (χ1v) is 9.91. The van der Waals surface area contributed by atoms with Crippen molar-refractivity contribution in [3.63, 3.8) is 0 Å². The van der Waals surface area contributed by atoms with Crippen molar-refractivity contribution in [1.29, 1.82) is 0 Å². The molecule has 1 N–H and O–H groups in total. The molecular formula is C19H28N4OS. The highest BCUT2D eigenvalue weighted by molar-refractivity contribution is 7.18. The van der Waals surface area contributed by atoms with Gasteiger partial charge in [-0.15, -0.1) is 11.3 Å². The molecule has 1 fully saturated rings. The molecule has 0 radical (unpaired) electrons. The van der Waals surface area contributed by atoms with Crippen LogP contribution in [0.3, 0.4) is 0 Å². The van der Waals surface area contributed by atoms with E-state index in [0.29, 0.717) is 0 Å². The highest BCUT2D eigenvalue weighted by Gasteiger charge is 2.29. The van der Waals surface area contributed by atoms with E-state index in [1.54, 1.807) is 17.7 Å². The van der Waals surface area contributed by atoms with Crippen LogP contribution in [-0.4, -0.2) is 34.5 Å². The summed E-state index contributed by atoms with van der Waals surface area (Å²) in [6.45, 7) is 12.3. The van der Waals surface area contributed by atoms with Gasteiger partial charge in [-0.3, -0.25) is 4.79 Å². The average Bonchev–Trinajstić information content (AvgIpc) is 2.89. The number of piperidine rings is 1. The van der Waals surface area contributed by atoms with Gasteiger partial charge in [0.1, 0.15) is 17.0 Å². The van der Waals surface area contributed by atoms with Crippen molar-refractivity contribution in [1.82, 2.24) is 15.3 Å². The molecule has 0 spiro atoms. The highest BCUT2D eigenvalue weighted by atomic mass is 32.1. The van der Waals surface area contributed by atoms with Gasteiger partial charge in [0.05, 0.1) is 5.39 Å². The standard InChI is InChI=1S/C19H28N4OS/c1-6-19(4,5)22-17(24)14-7-9-23(10-8-14)16-15-12(2)13(3)25-18(15)21-11-20-16/h11,14H,6-10H2,1-5H3,(H,22,24). The monoisotopic (exact) mass is 360 g/mol. The first-order valence-electron chi connectivity index (χ1n) is 9.10. The minimum Gasteiger partial charge on any atom is -0.356 e. The average molecular weight is 361 g/mol. The van der Waals surface area contributed by atoms with E-state index in [2.05, 4.69) is 54.8 Å². The van der Waals surface area contributed by atoms with E-state index in [9.17, 15) is 4.79 Å². The van der Waals surface area contributed by atoms with Crippen LogP contribution in [0.1, 0.15) is 50.5 Å². The van der Waals surface area contributed by atoms with Crippen LogP contribution in [0.15, 0.2) is 6.33 Å². The molecule has 0 aromatic carbocycles. The van der Waals surface area contributed by atoms with Gasteiger partial charge in [0.2, 0.25) is 5.91 Å². The van der Waals surface area contributed by atoms with E-state index in [1.807, 2.05) is 0 Å². The van der Waals surface area contributed by atoms with E-state index in [0.717, 1.165) is 43.0 Å². The number of nitrogens with zero attached hydrogens (tertiary/aromatic N) is 3. The number of nitrogens with one attached hydrogen (secondary N) is 1. The number of aromatic nitrogens is 2. The molecule has 0 unspecified atom stereocenters. The van der Waals surface area contributed by atoms with Gasteiger partial charge in [-0.05, 0) is 52.5 Å².